The van der Waals surface area contributed by atoms with Gasteiger partial charge in [0.1, 0.15) is 12.7 Å². The summed E-state index contributed by atoms with van der Waals surface area (Å²) in [5, 5.41) is 9.80. The molecule has 72 heavy (non-hydrogen) atoms. The first kappa shape index (κ1) is 68.7. The molecule has 3 atom stereocenters. The minimum Gasteiger partial charge on any atom is -0.462 e. The van der Waals surface area contributed by atoms with Crippen LogP contribution in [-0.4, -0.2) is 66.5 Å². The first-order chi connectivity index (χ1) is 35.2. The summed E-state index contributed by atoms with van der Waals surface area (Å²) in [6, 6.07) is 0. The second kappa shape index (κ2) is 53.9. The summed E-state index contributed by atoms with van der Waals surface area (Å²) in [4.78, 5) is 48.4. The molecule has 0 aliphatic rings. The Balaban J connectivity index is 4.78. The highest BCUT2D eigenvalue weighted by Gasteiger charge is 2.28. The monoisotopic (exact) mass is 1030 g/mol. The third kappa shape index (κ3) is 51.6. The lowest BCUT2D eigenvalue weighted by Gasteiger charge is -2.21. The van der Waals surface area contributed by atoms with Crippen molar-refractivity contribution >= 4 is 25.7 Å². The van der Waals surface area contributed by atoms with Crippen LogP contribution in [0.3, 0.4) is 0 Å². The fourth-order valence-corrected chi connectivity index (χ4v) is 8.28. The molecule has 0 saturated carbocycles. The molecule has 2 N–H and O–H groups in total. The number of esters is 3. The zero-order chi connectivity index (χ0) is 52.7. The van der Waals surface area contributed by atoms with Crippen molar-refractivity contribution in [1.29, 1.82) is 0 Å². The maximum Gasteiger partial charge on any atom is 0.472 e. The molecule has 3 unspecified atom stereocenters. The fourth-order valence-electron chi connectivity index (χ4n) is 7.49. The molecule has 0 aromatic heterocycles. The number of hydrogen-bond donors (Lipinski definition) is 2. The lowest BCUT2D eigenvalue weighted by Crippen LogP contribution is -2.30. The number of aliphatic hydroxyl groups excluding tert-OH is 1. The summed E-state index contributed by atoms with van der Waals surface area (Å²) in [6.07, 6.45) is 61.3. The second-order valence-electron chi connectivity index (χ2n) is 18.7. The maximum atomic E-state index is 12.9. The quantitative estimate of drug-likeness (QED) is 0.0197. The Morgan fingerprint density at radius 2 is 0.750 bits per heavy atom. The predicted octanol–water partition coefficient (Wildman–Crippen LogP) is 16.7. The van der Waals surface area contributed by atoms with Crippen LogP contribution >= 0.6 is 7.82 Å². The summed E-state index contributed by atoms with van der Waals surface area (Å²) in [5.41, 5.74) is 0. The van der Waals surface area contributed by atoms with Gasteiger partial charge in [-0.2, -0.15) is 0 Å². The Hall–Kier alpha value is -3.34. The molecule has 0 aliphatic carbocycles. The van der Waals surface area contributed by atoms with Crippen LogP contribution in [0, 0.1) is 0 Å². The van der Waals surface area contributed by atoms with E-state index in [-0.39, 0.29) is 25.9 Å². The van der Waals surface area contributed by atoms with Crippen LogP contribution in [0.15, 0.2) is 85.1 Å². The molecular formula is C60H103O11P. The van der Waals surface area contributed by atoms with E-state index in [2.05, 4.69) is 93.7 Å². The highest BCUT2D eigenvalue weighted by atomic mass is 31.2. The molecule has 0 fully saturated rings. The average molecular weight is 1030 g/mol. The van der Waals surface area contributed by atoms with Gasteiger partial charge in [-0.15, -0.1) is 0 Å². The molecule has 0 aromatic carbocycles. The van der Waals surface area contributed by atoms with Crippen molar-refractivity contribution in [2.24, 2.45) is 0 Å². The van der Waals surface area contributed by atoms with Crippen LogP contribution in [0.4, 0.5) is 0 Å². The number of unbranched alkanes of at least 4 members (excludes halogenated alkanes) is 21. The summed E-state index contributed by atoms with van der Waals surface area (Å²) in [5.74, 6) is -1.58. The summed E-state index contributed by atoms with van der Waals surface area (Å²) in [7, 11) is -4.77. The van der Waals surface area contributed by atoms with E-state index in [1.54, 1.807) is 0 Å². The van der Waals surface area contributed by atoms with Crippen LogP contribution in [-0.2, 0) is 42.2 Å². The molecular weight excluding hydrogens is 928 g/mol. The molecule has 0 bridgehead atoms. The van der Waals surface area contributed by atoms with E-state index in [4.69, 9.17) is 23.3 Å². The van der Waals surface area contributed by atoms with E-state index in [9.17, 15) is 28.9 Å². The average Bonchev–Trinajstić information content (AvgIpc) is 3.37. The van der Waals surface area contributed by atoms with Gasteiger partial charge in [0.15, 0.2) is 6.10 Å². The first-order valence-electron chi connectivity index (χ1n) is 28.5. The van der Waals surface area contributed by atoms with Gasteiger partial charge in [0.05, 0.1) is 19.8 Å². The number of allylic oxidation sites excluding steroid dienone is 14. The maximum absolute atomic E-state index is 12.9. The van der Waals surface area contributed by atoms with Crippen LogP contribution < -0.4 is 0 Å². The number of carbonyl (C=O) groups is 3. The molecule has 11 nitrogen and oxygen atoms in total. The van der Waals surface area contributed by atoms with Gasteiger partial charge in [-0.1, -0.05) is 221 Å². The normalized spacial score (nSPS) is 14.0. The van der Waals surface area contributed by atoms with Crippen molar-refractivity contribution in [3.8, 4) is 0 Å². The van der Waals surface area contributed by atoms with Gasteiger partial charge < -0.3 is 24.2 Å². The highest BCUT2D eigenvalue weighted by molar-refractivity contribution is 7.47. The van der Waals surface area contributed by atoms with Gasteiger partial charge in [0.2, 0.25) is 0 Å². The topological polar surface area (TPSA) is 155 Å². The lowest BCUT2D eigenvalue weighted by molar-refractivity contribution is -0.161. The first-order valence-corrected chi connectivity index (χ1v) is 30.0. The van der Waals surface area contributed by atoms with Gasteiger partial charge in [-0.3, -0.25) is 23.4 Å². The number of phosphoric acid groups is 1. The second-order valence-corrected chi connectivity index (χ2v) is 20.2. The van der Waals surface area contributed by atoms with Crippen molar-refractivity contribution in [3.63, 3.8) is 0 Å². The summed E-state index contributed by atoms with van der Waals surface area (Å²) >= 11 is 0. The van der Waals surface area contributed by atoms with Crippen molar-refractivity contribution < 1.29 is 52.2 Å². The molecule has 0 aliphatic heterocycles. The molecule has 0 amide bonds. The van der Waals surface area contributed by atoms with E-state index in [1.807, 2.05) is 12.2 Å². The molecule has 0 radical (unpaired) electrons. The number of ether oxygens (including phenoxy) is 3. The van der Waals surface area contributed by atoms with Gasteiger partial charge in [0.25, 0.3) is 0 Å². The molecule has 0 aromatic rings. The highest BCUT2D eigenvalue weighted by Crippen LogP contribution is 2.43. The van der Waals surface area contributed by atoms with Crippen molar-refractivity contribution in [2.75, 3.05) is 26.4 Å². The third-order valence-corrected chi connectivity index (χ3v) is 12.8. The van der Waals surface area contributed by atoms with E-state index in [0.29, 0.717) is 19.3 Å². The molecule has 0 rings (SSSR count). The third-order valence-electron chi connectivity index (χ3n) is 11.8. The van der Waals surface area contributed by atoms with E-state index in [1.165, 1.54) is 83.5 Å². The van der Waals surface area contributed by atoms with E-state index < -0.39 is 57.8 Å². The Labute approximate surface area is 439 Å². The molecule has 0 heterocycles. The zero-order valence-corrected chi connectivity index (χ0v) is 46.5. The van der Waals surface area contributed by atoms with Gasteiger partial charge in [-0.25, -0.2) is 4.57 Å². The number of aliphatic hydroxyl groups is 1. The standard InChI is InChI=1S/C60H103O11P/c1-4-7-10-13-16-19-22-25-26-27-28-29-30-33-34-37-40-43-46-49-58(62)67-53-57(71-60(64)51-48-45-42-39-36-32-24-21-18-15-12-9-6-3)55-69-72(65,66)68-54-56(52-61)70-59(63)50-47-44-41-38-35-31-23-20-17-14-11-8-5-2/h9,12,16,18-19,21,25-26,28-29,32,36,42,45,56-57,61H,4-8,10-11,13-15,17,20,22-24,27,30-31,33-35,37-41,43-44,46-55H2,1-3H3,(H,65,66)/b12-9-,19-16-,21-18-,26-25-,29-28-,36-32-,45-42-. The molecule has 12 heteroatoms. The Morgan fingerprint density at radius 3 is 1.22 bits per heavy atom. The Bertz CT molecular complexity index is 1530. The minimum absolute atomic E-state index is 0.0415. The van der Waals surface area contributed by atoms with Crippen LogP contribution in [0.1, 0.15) is 239 Å². The number of rotatable bonds is 52. The van der Waals surface area contributed by atoms with Crippen molar-refractivity contribution in [3.05, 3.63) is 85.1 Å². The van der Waals surface area contributed by atoms with E-state index in [0.717, 1.165) is 96.3 Å². The van der Waals surface area contributed by atoms with Crippen molar-refractivity contribution in [2.45, 2.75) is 251 Å². The number of phosphoric ester groups is 1. The zero-order valence-electron chi connectivity index (χ0n) is 45.6. The van der Waals surface area contributed by atoms with E-state index >= 15 is 0 Å². The number of hydrogen-bond acceptors (Lipinski definition) is 10. The van der Waals surface area contributed by atoms with Crippen molar-refractivity contribution in [1.82, 2.24) is 0 Å². The molecule has 0 saturated heterocycles. The largest absolute Gasteiger partial charge is 0.472 e. The number of carbonyl (C=O) groups excluding carboxylic acids is 3. The van der Waals surface area contributed by atoms with Crippen LogP contribution in [0.5, 0.6) is 0 Å². The fraction of sp³-hybridized carbons (Fsp3) is 0.717. The SMILES string of the molecule is CC/C=C\C/C=C\C/C=C\C/C=C\CCC(=O)OC(COC(=O)CCCCCCCC/C=C\C/C=C\C/C=C\CCCCC)COP(=O)(O)OCC(CO)OC(=O)CCCCCCCCCCCCCCC. The molecule has 414 valence electrons. The van der Waals surface area contributed by atoms with Gasteiger partial charge >= 0.3 is 25.7 Å². The Morgan fingerprint density at radius 1 is 0.403 bits per heavy atom. The lowest BCUT2D eigenvalue weighted by atomic mass is 10.0. The summed E-state index contributed by atoms with van der Waals surface area (Å²) in [6.45, 7) is 4.40. The minimum atomic E-state index is -4.77. The summed E-state index contributed by atoms with van der Waals surface area (Å²) < 4.78 is 39.4. The van der Waals surface area contributed by atoms with Crippen LogP contribution in [0.25, 0.3) is 0 Å². The predicted molar refractivity (Wildman–Crippen MR) is 298 cm³/mol. The van der Waals surface area contributed by atoms with Gasteiger partial charge in [-0.05, 0) is 83.5 Å². The Kier molecular flexibility index (Phi) is 51.4. The molecule has 0 spiro atoms. The van der Waals surface area contributed by atoms with Gasteiger partial charge in [0, 0.05) is 19.3 Å². The smallest absolute Gasteiger partial charge is 0.462 e. The van der Waals surface area contributed by atoms with Crippen LogP contribution in [0.2, 0.25) is 0 Å².